The average Bonchev–Trinajstić information content (AvgIpc) is 3.45. The number of unbranched alkanes of at least 4 members (excludes halogenated alkanes) is 46. The highest BCUT2D eigenvalue weighted by atomic mass is 16.3. The lowest BCUT2D eigenvalue weighted by Gasteiger charge is -2.20. The Labute approximate surface area is 494 Å². The van der Waals surface area contributed by atoms with Gasteiger partial charge in [-0.2, -0.15) is 0 Å². The van der Waals surface area contributed by atoms with Crippen LogP contribution < -0.4 is 5.32 Å². The minimum absolute atomic E-state index is 0.0581. The van der Waals surface area contributed by atoms with Gasteiger partial charge < -0.3 is 15.5 Å². The third kappa shape index (κ3) is 66.3. The van der Waals surface area contributed by atoms with Gasteiger partial charge in [-0.25, -0.2) is 0 Å². The van der Waals surface area contributed by atoms with Crippen LogP contribution in [-0.4, -0.2) is 34.9 Å². The minimum Gasteiger partial charge on any atom is -0.394 e. The predicted molar refractivity (Wildman–Crippen MR) is 354 cm³/mol. The molecule has 0 spiro atoms. The zero-order valence-corrected chi connectivity index (χ0v) is 53.1. The van der Waals surface area contributed by atoms with Crippen molar-refractivity contribution >= 4 is 5.91 Å². The maximum Gasteiger partial charge on any atom is 0.220 e. The van der Waals surface area contributed by atoms with E-state index in [1.807, 2.05) is 6.08 Å². The van der Waals surface area contributed by atoms with Gasteiger partial charge in [0.2, 0.25) is 5.91 Å². The number of amides is 1. The molecule has 0 rings (SSSR count). The molecular formula is C75H137NO3. The summed E-state index contributed by atoms with van der Waals surface area (Å²) in [6.07, 6.45) is 102. The van der Waals surface area contributed by atoms with Gasteiger partial charge in [0.05, 0.1) is 18.8 Å². The second-order valence-electron chi connectivity index (χ2n) is 23.9. The molecule has 460 valence electrons. The van der Waals surface area contributed by atoms with Crippen LogP contribution in [-0.2, 0) is 4.79 Å². The first-order chi connectivity index (χ1) is 39.2. The zero-order chi connectivity index (χ0) is 56.9. The summed E-state index contributed by atoms with van der Waals surface area (Å²) in [5, 5.41) is 23.3. The summed E-state index contributed by atoms with van der Waals surface area (Å²) in [5.41, 5.74) is 0. The molecule has 0 heterocycles. The van der Waals surface area contributed by atoms with Gasteiger partial charge in [-0.1, -0.05) is 375 Å². The van der Waals surface area contributed by atoms with Crippen LogP contribution in [0.2, 0.25) is 0 Å². The Morgan fingerprint density at radius 1 is 0.316 bits per heavy atom. The number of aliphatic hydroxyl groups is 2. The largest absolute Gasteiger partial charge is 0.394 e. The number of rotatable bonds is 65. The number of nitrogens with one attached hydrogen (secondary N) is 1. The summed E-state index contributed by atoms with van der Waals surface area (Å²) in [4.78, 5) is 12.5. The molecule has 0 aromatic rings. The maximum absolute atomic E-state index is 12.5. The van der Waals surface area contributed by atoms with Crippen LogP contribution in [0.1, 0.15) is 367 Å². The van der Waals surface area contributed by atoms with Crippen LogP contribution in [0.3, 0.4) is 0 Å². The van der Waals surface area contributed by atoms with E-state index in [1.54, 1.807) is 6.08 Å². The van der Waals surface area contributed by atoms with E-state index in [9.17, 15) is 15.0 Å². The predicted octanol–water partition coefficient (Wildman–Crippen LogP) is 24.2. The van der Waals surface area contributed by atoms with Crippen molar-refractivity contribution in [1.82, 2.24) is 5.32 Å². The van der Waals surface area contributed by atoms with E-state index in [-0.39, 0.29) is 12.5 Å². The van der Waals surface area contributed by atoms with E-state index in [4.69, 9.17) is 0 Å². The van der Waals surface area contributed by atoms with Gasteiger partial charge in [-0.15, -0.1) is 0 Å². The number of hydrogen-bond donors (Lipinski definition) is 3. The highest BCUT2D eigenvalue weighted by molar-refractivity contribution is 5.76. The molecule has 0 fully saturated rings. The summed E-state index contributed by atoms with van der Waals surface area (Å²) >= 11 is 0. The fourth-order valence-electron chi connectivity index (χ4n) is 10.8. The zero-order valence-electron chi connectivity index (χ0n) is 53.1. The maximum atomic E-state index is 12.5. The third-order valence-corrected chi connectivity index (χ3v) is 16.1. The third-order valence-electron chi connectivity index (χ3n) is 16.1. The van der Waals surface area contributed by atoms with Crippen LogP contribution >= 0.6 is 0 Å². The van der Waals surface area contributed by atoms with Gasteiger partial charge in [0, 0.05) is 6.42 Å². The number of carbonyl (C=O) groups excluding carboxylic acids is 1. The number of carbonyl (C=O) groups is 1. The SMILES string of the molecule is CC/C=C\C/C=C\C/C=C\C/C=C\C/C=C\C/C=C\CCCCCCCCCCCCCCCCCCCCCCCCC(=O)NC(CO)C(O)/C=C/CCCCCCCCCCCCCCCCCCCCCCCCCC. The molecule has 4 nitrogen and oxygen atoms in total. The van der Waals surface area contributed by atoms with Gasteiger partial charge in [0.1, 0.15) is 0 Å². The first-order valence-electron chi connectivity index (χ1n) is 35.3. The van der Waals surface area contributed by atoms with Crippen LogP contribution in [0.5, 0.6) is 0 Å². The first-order valence-corrected chi connectivity index (χ1v) is 35.3. The molecule has 0 bridgehead atoms. The van der Waals surface area contributed by atoms with Gasteiger partial charge in [-0.3, -0.25) is 4.79 Å². The van der Waals surface area contributed by atoms with E-state index in [1.165, 1.54) is 283 Å². The summed E-state index contributed by atoms with van der Waals surface area (Å²) in [7, 11) is 0. The number of aliphatic hydroxyl groups excluding tert-OH is 2. The lowest BCUT2D eigenvalue weighted by atomic mass is 10.0. The van der Waals surface area contributed by atoms with E-state index in [2.05, 4.69) is 92.1 Å². The van der Waals surface area contributed by atoms with Crippen molar-refractivity contribution in [2.24, 2.45) is 0 Å². The molecule has 0 saturated carbocycles. The lowest BCUT2D eigenvalue weighted by Crippen LogP contribution is -2.45. The van der Waals surface area contributed by atoms with Crippen LogP contribution in [0.25, 0.3) is 0 Å². The molecule has 0 aromatic heterocycles. The van der Waals surface area contributed by atoms with E-state index < -0.39 is 12.1 Å². The fraction of sp³-hybridized carbons (Fsp3) is 0.800. The molecule has 1 amide bonds. The summed E-state index contributed by atoms with van der Waals surface area (Å²) in [5.74, 6) is -0.0581. The topological polar surface area (TPSA) is 69.6 Å². The Balaban J connectivity index is 3.44. The molecule has 3 N–H and O–H groups in total. The Morgan fingerprint density at radius 2 is 0.557 bits per heavy atom. The van der Waals surface area contributed by atoms with Crippen molar-refractivity contribution in [1.29, 1.82) is 0 Å². The monoisotopic (exact) mass is 1100 g/mol. The van der Waals surface area contributed by atoms with Crippen LogP contribution in [0.4, 0.5) is 0 Å². The van der Waals surface area contributed by atoms with Crippen molar-refractivity contribution in [3.8, 4) is 0 Å². The molecule has 0 saturated heterocycles. The molecule has 2 atom stereocenters. The Kier molecular flexibility index (Phi) is 67.7. The fourth-order valence-corrected chi connectivity index (χ4v) is 10.8. The summed E-state index contributed by atoms with van der Waals surface area (Å²) < 4.78 is 0. The Bertz CT molecular complexity index is 1390. The van der Waals surface area contributed by atoms with Gasteiger partial charge >= 0.3 is 0 Å². The van der Waals surface area contributed by atoms with E-state index in [0.29, 0.717) is 6.42 Å². The van der Waals surface area contributed by atoms with Crippen molar-refractivity contribution in [2.75, 3.05) is 6.61 Å². The van der Waals surface area contributed by atoms with Crippen LogP contribution in [0, 0.1) is 0 Å². The van der Waals surface area contributed by atoms with Crippen molar-refractivity contribution in [2.45, 2.75) is 379 Å². The van der Waals surface area contributed by atoms with Crippen LogP contribution in [0.15, 0.2) is 85.1 Å². The van der Waals surface area contributed by atoms with E-state index >= 15 is 0 Å². The lowest BCUT2D eigenvalue weighted by molar-refractivity contribution is -0.123. The van der Waals surface area contributed by atoms with Gasteiger partial charge in [0.15, 0.2) is 0 Å². The average molecular weight is 1100 g/mol. The standard InChI is InChI=1S/C75H137NO3/c1-3-5-7-9-11-13-15-17-19-21-23-25-27-29-31-32-33-34-35-36-37-38-39-40-41-42-43-44-45-47-49-51-53-55-57-59-61-63-65-67-69-71-75(79)76-73(72-77)74(78)70-68-66-64-62-60-58-56-54-52-50-48-46-30-28-26-24-22-20-18-16-14-12-10-8-6-4-2/h5,7,11,13,17,19,23,25,29,31,33-34,68,70,73-74,77-78H,3-4,6,8-10,12,14-16,18,20-22,24,26-28,30,32,35-67,69,71-72H2,1-2H3,(H,76,79)/b7-5-,13-11-,19-17-,25-23-,31-29-,34-33-,70-68+. The molecule has 0 aliphatic rings. The van der Waals surface area contributed by atoms with Crippen molar-refractivity contribution in [3.63, 3.8) is 0 Å². The Hall–Kier alpha value is -2.43. The highest BCUT2D eigenvalue weighted by Crippen LogP contribution is 2.19. The molecule has 2 unspecified atom stereocenters. The number of allylic oxidation sites excluding steroid dienone is 13. The first kappa shape index (κ1) is 76.6. The van der Waals surface area contributed by atoms with Crippen molar-refractivity contribution < 1.29 is 15.0 Å². The minimum atomic E-state index is -0.842. The van der Waals surface area contributed by atoms with Gasteiger partial charge in [-0.05, 0) is 70.6 Å². The number of hydrogen-bond acceptors (Lipinski definition) is 3. The molecule has 4 heteroatoms. The summed E-state index contributed by atoms with van der Waals surface area (Å²) in [6, 6.07) is -0.625. The summed E-state index contributed by atoms with van der Waals surface area (Å²) in [6.45, 7) is 4.23. The second kappa shape index (κ2) is 69.8. The highest BCUT2D eigenvalue weighted by Gasteiger charge is 2.18. The Morgan fingerprint density at radius 3 is 0.835 bits per heavy atom. The second-order valence-corrected chi connectivity index (χ2v) is 23.9. The van der Waals surface area contributed by atoms with Gasteiger partial charge in [0.25, 0.3) is 0 Å². The van der Waals surface area contributed by atoms with Crippen molar-refractivity contribution in [3.05, 3.63) is 85.1 Å². The molecule has 0 aliphatic carbocycles. The molecule has 0 aliphatic heterocycles. The quantitative estimate of drug-likeness (QED) is 0.0420. The smallest absolute Gasteiger partial charge is 0.220 e. The van der Waals surface area contributed by atoms with E-state index in [0.717, 1.165) is 64.2 Å². The normalized spacial score (nSPS) is 13.2. The molecular weight excluding hydrogens is 963 g/mol. The molecule has 79 heavy (non-hydrogen) atoms. The molecule has 0 aromatic carbocycles. The molecule has 0 radical (unpaired) electrons.